The number of nitrogens with one attached hydrogen (secondary N) is 1. The first-order chi connectivity index (χ1) is 7.84. The van der Waals surface area contributed by atoms with Gasteiger partial charge in [0.15, 0.2) is 0 Å². The third-order valence-corrected chi connectivity index (χ3v) is 2.94. The molecule has 0 aliphatic carbocycles. The van der Waals surface area contributed by atoms with Crippen LogP contribution in [0.5, 0.6) is 0 Å². The molecule has 17 heavy (non-hydrogen) atoms. The van der Waals surface area contributed by atoms with E-state index < -0.39 is 12.0 Å². The Morgan fingerprint density at radius 1 is 1.47 bits per heavy atom. The Morgan fingerprint density at radius 2 is 2.06 bits per heavy atom. The maximum atomic E-state index is 11.9. The maximum absolute atomic E-state index is 11.9. The topological polar surface area (TPSA) is 86.3 Å². The van der Waals surface area contributed by atoms with Gasteiger partial charge in [-0.3, -0.25) is 9.89 Å². The highest BCUT2D eigenvalue weighted by molar-refractivity contribution is 5.84. The van der Waals surface area contributed by atoms with E-state index >= 15 is 0 Å². The summed E-state index contributed by atoms with van der Waals surface area (Å²) in [5.41, 5.74) is 2.44. The molecular formula is C11H17N3O3. The fraction of sp³-hybridized carbons (Fsp3) is 0.545. The third-order valence-electron chi connectivity index (χ3n) is 2.94. The molecular weight excluding hydrogens is 222 g/mol. The van der Waals surface area contributed by atoms with Crippen LogP contribution >= 0.6 is 0 Å². The van der Waals surface area contributed by atoms with Crippen LogP contribution in [-0.4, -0.2) is 45.2 Å². The number of hydrogen-bond donors (Lipinski definition) is 2. The number of carboxylic acid groups (broad SMARTS) is 1. The molecule has 0 spiro atoms. The second-order valence-electron chi connectivity index (χ2n) is 4.11. The lowest BCUT2D eigenvalue weighted by atomic mass is 10.1. The van der Waals surface area contributed by atoms with Crippen LogP contribution in [0.25, 0.3) is 0 Å². The highest BCUT2D eigenvalue weighted by Crippen LogP contribution is 2.12. The zero-order valence-electron chi connectivity index (χ0n) is 10.4. The SMILES string of the molecule is Cc1n[nH]c(C)c1CC(=O)N(C)C(C)C(=O)O. The van der Waals surface area contributed by atoms with Gasteiger partial charge in [-0.15, -0.1) is 0 Å². The van der Waals surface area contributed by atoms with Crippen LogP contribution in [0.2, 0.25) is 0 Å². The minimum atomic E-state index is -1.01. The molecule has 94 valence electrons. The summed E-state index contributed by atoms with van der Waals surface area (Å²) in [7, 11) is 1.49. The van der Waals surface area contributed by atoms with Crippen molar-refractivity contribution in [2.75, 3.05) is 7.05 Å². The Bertz CT molecular complexity index is 420. The van der Waals surface area contributed by atoms with Gasteiger partial charge in [0.1, 0.15) is 6.04 Å². The lowest BCUT2D eigenvalue weighted by Crippen LogP contribution is -2.41. The van der Waals surface area contributed by atoms with Crippen LogP contribution in [0.3, 0.4) is 0 Å². The van der Waals surface area contributed by atoms with Gasteiger partial charge in [0.25, 0.3) is 0 Å². The summed E-state index contributed by atoms with van der Waals surface area (Å²) in [4.78, 5) is 23.9. The Kier molecular flexibility index (Phi) is 3.88. The van der Waals surface area contributed by atoms with Crippen LogP contribution in [0.15, 0.2) is 0 Å². The van der Waals surface area contributed by atoms with E-state index in [0.29, 0.717) is 0 Å². The summed E-state index contributed by atoms with van der Waals surface area (Å²) in [5.74, 6) is -1.24. The number of aliphatic carboxylic acids is 1. The van der Waals surface area contributed by atoms with Crippen LogP contribution in [0.4, 0.5) is 0 Å². The first-order valence-corrected chi connectivity index (χ1v) is 5.33. The molecule has 0 fully saturated rings. The minimum Gasteiger partial charge on any atom is -0.480 e. The number of amides is 1. The van der Waals surface area contributed by atoms with Crippen molar-refractivity contribution in [3.63, 3.8) is 0 Å². The number of aryl methyl sites for hydroxylation is 2. The van der Waals surface area contributed by atoms with Crippen molar-refractivity contribution in [2.45, 2.75) is 33.2 Å². The molecule has 0 saturated heterocycles. The molecule has 6 nitrogen and oxygen atoms in total. The van der Waals surface area contributed by atoms with Crippen LogP contribution in [0, 0.1) is 13.8 Å². The summed E-state index contributed by atoms with van der Waals surface area (Å²) in [6.45, 7) is 5.13. The second kappa shape index (κ2) is 4.99. The summed E-state index contributed by atoms with van der Waals surface area (Å²) >= 11 is 0. The number of likely N-dealkylation sites (N-methyl/N-ethyl adjacent to an activating group) is 1. The fourth-order valence-corrected chi connectivity index (χ4v) is 1.49. The van der Waals surface area contributed by atoms with Crippen LogP contribution < -0.4 is 0 Å². The number of nitrogens with zero attached hydrogens (tertiary/aromatic N) is 2. The number of hydrogen-bond acceptors (Lipinski definition) is 3. The van der Waals surface area contributed by atoms with E-state index in [0.717, 1.165) is 17.0 Å². The van der Waals surface area contributed by atoms with E-state index in [1.165, 1.54) is 18.9 Å². The monoisotopic (exact) mass is 239 g/mol. The quantitative estimate of drug-likeness (QED) is 0.801. The van der Waals surface area contributed by atoms with Crippen molar-refractivity contribution in [1.82, 2.24) is 15.1 Å². The Morgan fingerprint density at radius 3 is 2.47 bits per heavy atom. The van der Waals surface area contributed by atoms with Gasteiger partial charge in [-0.2, -0.15) is 5.10 Å². The average molecular weight is 239 g/mol. The van der Waals surface area contributed by atoms with Gasteiger partial charge < -0.3 is 10.0 Å². The first kappa shape index (κ1) is 13.2. The van der Waals surface area contributed by atoms with Crippen molar-refractivity contribution in [2.24, 2.45) is 0 Å². The largest absolute Gasteiger partial charge is 0.480 e. The Balaban J connectivity index is 2.76. The van der Waals surface area contributed by atoms with E-state index in [-0.39, 0.29) is 12.3 Å². The van der Waals surface area contributed by atoms with E-state index in [1.54, 1.807) is 0 Å². The van der Waals surface area contributed by atoms with Crippen molar-refractivity contribution in [1.29, 1.82) is 0 Å². The van der Waals surface area contributed by atoms with E-state index in [1.807, 2.05) is 13.8 Å². The predicted octanol–water partition coefficient (Wildman–Crippen LogP) is 0.501. The molecule has 1 aromatic rings. The summed E-state index contributed by atoms with van der Waals surface area (Å²) in [6, 6.07) is -0.824. The number of H-pyrrole nitrogens is 1. The summed E-state index contributed by atoms with van der Waals surface area (Å²) in [6.07, 6.45) is 0.169. The van der Waals surface area contributed by atoms with Crippen molar-refractivity contribution >= 4 is 11.9 Å². The van der Waals surface area contributed by atoms with Crippen LogP contribution in [-0.2, 0) is 16.0 Å². The van der Waals surface area contributed by atoms with Gasteiger partial charge >= 0.3 is 5.97 Å². The molecule has 2 N–H and O–H groups in total. The van der Waals surface area contributed by atoms with Gasteiger partial charge in [0.2, 0.25) is 5.91 Å². The summed E-state index contributed by atoms with van der Waals surface area (Å²) in [5, 5.41) is 15.6. The summed E-state index contributed by atoms with van der Waals surface area (Å²) < 4.78 is 0. The van der Waals surface area contributed by atoms with Gasteiger partial charge in [-0.25, -0.2) is 4.79 Å². The molecule has 0 bridgehead atoms. The normalized spacial score (nSPS) is 12.2. The second-order valence-corrected chi connectivity index (χ2v) is 4.11. The molecule has 0 aromatic carbocycles. The zero-order chi connectivity index (χ0) is 13.2. The molecule has 1 heterocycles. The Labute approximate surface area is 99.6 Å². The first-order valence-electron chi connectivity index (χ1n) is 5.33. The van der Waals surface area contributed by atoms with E-state index in [4.69, 9.17) is 5.11 Å². The van der Waals surface area contributed by atoms with Gasteiger partial charge in [-0.05, 0) is 20.8 Å². The standard InChI is InChI=1S/C11H17N3O3/c1-6-9(7(2)13-12-6)5-10(15)14(4)8(3)11(16)17/h8H,5H2,1-4H3,(H,12,13)(H,16,17). The number of aromatic amines is 1. The predicted molar refractivity (Wildman–Crippen MR) is 61.6 cm³/mol. The minimum absolute atomic E-state index is 0.169. The van der Waals surface area contributed by atoms with Gasteiger partial charge in [0, 0.05) is 18.3 Å². The molecule has 1 atom stereocenters. The lowest BCUT2D eigenvalue weighted by molar-refractivity contribution is -0.148. The molecule has 1 amide bonds. The molecule has 1 aromatic heterocycles. The molecule has 0 saturated carbocycles. The van der Waals surface area contributed by atoms with Gasteiger partial charge in [-0.1, -0.05) is 0 Å². The molecule has 6 heteroatoms. The molecule has 1 unspecified atom stereocenters. The smallest absolute Gasteiger partial charge is 0.326 e. The van der Waals surface area contributed by atoms with Crippen molar-refractivity contribution < 1.29 is 14.7 Å². The number of carboxylic acids is 1. The van der Waals surface area contributed by atoms with Gasteiger partial charge in [0.05, 0.1) is 12.1 Å². The fourth-order valence-electron chi connectivity index (χ4n) is 1.49. The number of carbonyl (C=O) groups excluding carboxylic acids is 1. The van der Waals surface area contributed by atoms with E-state index in [9.17, 15) is 9.59 Å². The zero-order valence-corrected chi connectivity index (χ0v) is 10.4. The highest BCUT2D eigenvalue weighted by Gasteiger charge is 2.23. The number of carbonyl (C=O) groups is 2. The van der Waals surface area contributed by atoms with Crippen molar-refractivity contribution in [3.8, 4) is 0 Å². The molecule has 1 rings (SSSR count). The van der Waals surface area contributed by atoms with E-state index in [2.05, 4.69) is 10.2 Å². The third kappa shape index (κ3) is 2.83. The number of aromatic nitrogens is 2. The maximum Gasteiger partial charge on any atom is 0.326 e. The van der Waals surface area contributed by atoms with Crippen molar-refractivity contribution in [3.05, 3.63) is 17.0 Å². The molecule has 0 aliphatic rings. The highest BCUT2D eigenvalue weighted by atomic mass is 16.4. The molecule has 0 aliphatic heterocycles. The lowest BCUT2D eigenvalue weighted by Gasteiger charge is -2.21. The molecule has 0 radical (unpaired) electrons. The Hall–Kier alpha value is -1.85. The number of rotatable bonds is 4. The van der Waals surface area contributed by atoms with Crippen LogP contribution in [0.1, 0.15) is 23.9 Å². The average Bonchev–Trinajstić information content (AvgIpc) is 2.58.